The van der Waals surface area contributed by atoms with Crippen molar-refractivity contribution in [3.8, 4) is 0 Å². The van der Waals surface area contributed by atoms with Gasteiger partial charge in [0.1, 0.15) is 6.23 Å². The lowest BCUT2D eigenvalue weighted by molar-refractivity contribution is -0.148. The van der Waals surface area contributed by atoms with Gasteiger partial charge in [0.25, 0.3) is 0 Å². The van der Waals surface area contributed by atoms with E-state index >= 15 is 0 Å². The summed E-state index contributed by atoms with van der Waals surface area (Å²) in [5.41, 5.74) is 1.93. The van der Waals surface area contributed by atoms with E-state index in [9.17, 15) is 15.0 Å². The van der Waals surface area contributed by atoms with Gasteiger partial charge in [0.15, 0.2) is 0 Å². The number of rotatable bonds is 10. The van der Waals surface area contributed by atoms with Crippen molar-refractivity contribution in [2.45, 2.75) is 64.2 Å². The Morgan fingerprint density at radius 1 is 1.20 bits per heavy atom. The molecule has 41 heavy (non-hydrogen) atoms. The molecule has 2 aliphatic carbocycles. The first-order valence-corrected chi connectivity index (χ1v) is 15.6. The van der Waals surface area contributed by atoms with Gasteiger partial charge >= 0.3 is 0 Å². The lowest BCUT2D eigenvalue weighted by Crippen LogP contribution is -2.61. The zero-order valence-electron chi connectivity index (χ0n) is 23.4. The summed E-state index contributed by atoms with van der Waals surface area (Å²) in [6.45, 7) is 8.86. The second kappa shape index (κ2) is 10.6. The summed E-state index contributed by atoms with van der Waals surface area (Å²) in [7, 11) is 0. The smallest absolute Gasteiger partial charge is 0.227 e. The molecule has 2 saturated carbocycles. The largest absolute Gasteiger partial charge is 0.424 e. The van der Waals surface area contributed by atoms with Gasteiger partial charge in [-0.15, -0.1) is 21.5 Å². The Labute approximate surface area is 253 Å². The SMILES string of the molecule is CC1(CN(CCc2nnc(C3(c4ccc(Cl)c(Cl)c4)CC(O)C3)o2)C(O)c2cncs2)CN(C(=O)[C@H]2CC2(C)C)C1. The minimum atomic E-state index is -0.835. The van der Waals surface area contributed by atoms with Gasteiger partial charge in [-0.25, -0.2) is 0 Å². The molecular formula is C29H35Cl2N5O4S. The average molecular weight is 621 g/mol. The molecule has 1 aliphatic heterocycles. The number of likely N-dealkylation sites (tertiary alicyclic amines) is 1. The van der Waals surface area contributed by atoms with E-state index in [1.807, 2.05) is 15.9 Å². The van der Waals surface area contributed by atoms with Crippen LogP contribution in [0.4, 0.5) is 0 Å². The van der Waals surface area contributed by atoms with Crippen LogP contribution in [-0.4, -0.2) is 73.4 Å². The topological polar surface area (TPSA) is 116 Å². The first-order chi connectivity index (χ1) is 19.4. The van der Waals surface area contributed by atoms with Crippen LogP contribution in [0.5, 0.6) is 0 Å². The van der Waals surface area contributed by atoms with Crippen LogP contribution in [0.25, 0.3) is 0 Å². The molecule has 0 bridgehead atoms. The standard InChI is InChI=1S/C29H35Cl2N5O4S/c1-27(2)11-19(27)24(38)36-14-28(3,15-36)13-35(25(39)22-12-32-16-41-22)7-6-23-33-34-26(40-23)29(9-18(37)10-29)17-4-5-20(30)21(31)8-17/h4-5,8,12,16,18-19,25,37,39H,6-7,9-11,13-15H2,1-3H3/t18?,19-,25?,29?/m1/s1. The molecule has 12 heteroatoms. The van der Waals surface area contributed by atoms with Crippen LogP contribution in [0, 0.1) is 16.7 Å². The number of carbonyl (C=O) groups excluding carboxylic acids is 1. The number of nitrogens with zero attached hydrogens (tertiary/aromatic N) is 5. The molecule has 220 valence electrons. The van der Waals surface area contributed by atoms with Crippen LogP contribution in [-0.2, 0) is 16.6 Å². The Balaban J connectivity index is 1.15. The maximum absolute atomic E-state index is 12.9. The lowest BCUT2D eigenvalue weighted by Gasteiger charge is -2.50. The molecule has 0 radical (unpaired) electrons. The third kappa shape index (κ3) is 5.55. The highest BCUT2D eigenvalue weighted by Crippen LogP contribution is 2.53. The van der Waals surface area contributed by atoms with Crippen LogP contribution >= 0.6 is 34.5 Å². The zero-order chi connectivity index (χ0) is 29.2. The number of hydrogen-bond acceptors (Lipinski definition) is 9. The molecule has 2 aromatic heterocycles. The molecule has 1 unspecified atom stereocenters. The van der Waals surface area contributed by atoms with E-state index < -0.39 is 17.7 Å². The molecule has 1 amide bonds. The highest BCUT2D eigenvalue weighted by atomic mass is 35.5. The van der Waals surface area contributed by atoms with Crippen molar-refractivity contribution >= 4 is 40.4 Å². The van der Waals surface area contributed by atoms with Crippen LogP contribution < -0.4 is 0 Å². The molecular weight excluding hydrogens is 585 g/mol. The van der Waals surface area contributed by atoms with Gasteiger partial charge in [0.2, 0.25) is 17.7 Å². The number of aliphatic hydroxyl groups is 2. The highest BCUT2D eigenvalue weighted by Gasteiger charge is 2.55. The Kier molecular flexibility index (Phi) is 7.48. The van der Waals surface area contributed by atoms with Crippen LogP contribution in [0.1, 0.15) is 68.5 Å². The number of thiazole rings is 1. The quantitative estimate of drug-likeness (QED) is 0.314. The monoisotopic (exact) mass is 619 g/mol. The summed E-state index contributed by atoms with van der Waals surface area (Å²) in [4.78, 5) is 21.7. The Bertz CT molecular complexity index is 1420. The van der Waals surface area contributed by atoms with E-state index in [1.54, 1.807) is 23.8 Å². The summed E-state index contributed by atoms with van der Waals surface area (Å²) < 4.78 is 6.18. The van der Waals surface area contributed by atoms with Crippen molar-refractivity contribution in [1.82, 2.24) is 25.0 Å². The van der Waals surface area contributed by atoms with Crippen molar-refractivity contribution in [2.24, 2.45) is 16.7 Å². The zero-order valence-corrected chi connectivity index (χ0v) is 25.7. The summed E-state index contributed by atoms with van der Waals surface area (Å²) in [6.07, 6.45) is 2.67. The molecule has 9 nitrogen and oxygen atoms in total. The van der Waals surface area contributed by atoms with Gasteiger partial charge < -0.3 is 19.5 Å². The Morgan fingerprint density at radius 3 is 2.54 bits per heavy atom. The Morgan fingerprint density at radius 2 is 1.93 bits per heavy atom. The minimum absolute atomic E-state index is 0.108. The van der Waals surface area contributed by atoms with Gasteiger partial charge in [-0.2, -0.15) is 0 Å². The first kappa shape index (κ1) is 29.0. The first-order valence-electron chi connectivity index (χ1n) is 13.9. The maximum atomic E-state index is 12.9. The minimum Gasteiger partial charge on any atom is -0.424 e. The molecule has 1 aromatic carbocycles. The van der Waals surface area contributed by atoms with E-state index in [1.165, 1.54) is 11.3 Å². The molecule has 3 aliphatic rings. The summed E-state index contributed by atoms with van der Waals surface area (Å²) in [6, 6.07) is 5.42. The second-order valence-corrected chi connectivity index (χ2v) is 14.8. The number of aliphatic hydroxyl groups excluding tert-OH is 2. The normalized spacial score (nSPS) is 26.9. The van der Waals surface area contributed by atoms with E-state index in [0.29, 0.717) is 67.3 Å². The average Bonchev–Trinajstić information content (AvgIpc) is 3.31. The molecule has 0 spiro atoms. The van der Waals surface area contributed by atoms with Gasteiger partial charge in [-0.05, 0) is 42.4 Å². The van der Waals surface area contributed by atoms with Crippen molar-refractivity contribution < 1.29 is 19.4 Å². The molecule has 1 saturated heterocycles. The van der Waals surface area contributed by atoms with Crippen molar-refractivity contribution in [2.75, 3.05) is 26.2 Å². The molecule has 3 heterocycles. The van der Waals surface area contributed by atoms with E-state index in [4.69, 9.17) is 27.6 Å². The van der Waals surface area contributed by atoms with Crippen LogP contribution in [0.2, 0.25) is 10.0 Å². The van der Waals surface area contributed by atoms with Crippen molar-refractivity contribution in [3.05, 3.63) is 62.2 Å². The maximum Gasteiger partial charge on any atom is 0.227 e. The number of halogens is 2. The predicted molar refractivity (Wildman–Crippen MR) is 156 cm³/mol. The Hall–Kier alpha value is -2.08. The van der Waals surface area contributed by atoms with Gasteiger partial charge in [-0.3, -0.25) is 14.7 Å². The fraction of sp³-hybridized carbons (Fsp3) is 0.586. The van der Waals surface area contributed by atoms with Crippen LogP contribution in [0.3, 0.4) is 0 Å². The van der Waals surface area contributed by atoms with Crippen molar-refractivity contribution in [1.29, 1.82) is 0 Å². The highest BCUT2D eigenvalue weighted by molar-refractivity contribution is 7.09. The molecule has 6 rings (SSSR count). The van der Waals surface area contributed by atoms with Gasteiger partial charge in [0.05, 0.1) is 32.0 Å². The summed E-state index contributed by atoms with van der Waals surface area (Å²) >= 11 is 13.8. The predicted octanol–water partition coefficient (Wildman–Crippen LogP) is 4.70. The molecule has 2 N–H and O–H groups in total. The van der Waals surface area contributed by atoms with E-state index in [0.717, 1.165) is 16.9 Å². The summed E-state index contributed by atoms with van der Waals surface area (Å²) in [5.74, 6) is 1.27. The third-order valence-electron chi connectivity index (χ3n) is 9.03. The number of aromatic nitrogens is 3. The van der Waals surface area contributed by atoms with Gasteiger partial charge in [0, 0.05) is 50.1 Å². The fourth-order valence-corrected chi connectivity index (χ4v) is 7.34. The number of benzene rings is 1. The van der Waals surface area contributed by atoms with Crippen LogP contribution in [0.15, 0.2) is 34.3 Å². The number of hydrogen-bond donors (Lipinski definition) is 2. The van der Waals surface area contributed by atoms with E-state index in [2.05, 4.69) is 36.0 Å². The number of amides is 1. The lowest BCUT2D eigenvalue weighted by atomic mass is 9.62. The summed E-state index contributed by atoms with van der Waals surface area (Å²) in [5, 5.41) is 31.1. The van der Waals surface area contributed by atoms with Gasteiger partial charge in [-0.1, -0.05) is 50.0 Å². The van der Waals surface area contributed by atoms with E-state index in [-0.39, 0.29) is 22.7 Å². The molecule has 3 fully saturated rings. The molecule has 2 atom stereocenters. The van der Waals surface area contributed by atoms with Crippen molar-refractivity contribution in [3.63, 3.8) is 0 Å². The molecule has 3 aromatic rings. The number of carbonyl (C=O) groups is 1. The third-order valence-corrected chi connectivity index (χ3v) is 10.6. The fourth-order valence-electron chi connectivity index (χ4n) is 6.41. The second-order valence-electron chi connectivity index (χ2n) is 13.0.